The van der Waals surface area contributed by atoms with Gasteiger partial charge < -0.3 is 5.11 Å². The second-order valence-electron chi connectivity index (χ2n) is 4.96. The van der Waals surface area contributed by atoms with Crippen molar-refractivity contribution >= 4 is 22.4 Å². The van der Waals surface area contributed by atoms with Gasteiger partial charge in [-0.3, -0.25) is 10.1 Å². The molecule has 0 saturated heterocycles. The van der Waals surface area contributed by atoms with Gasteiger partial charge in [-0.05, 0) is 31.0 Å². The van der Waals surface area contributed by atoms with Crippen LogP contribution in [-0.2, 0) is 23.0 Å². The van der Waals surface area contributed by atoms with E-state index in [2.05, 4.69) is 15.5 Å². The SMILES string of the molecule is CCc1nnc(NC(=O)[C@@](C)(O)c2cccc(C(F)(F)F)c2)s1. The summed E-state index contributed by atoms with van der Waals surface area (Å²) in [4.78, 5) is 12.2. The number of rotatable bonds is 4. The molecule has 2 aromatic rings. The second kappa shape index (κ2) is 6.25. The highest BCUT2D eigenvalue weighted by molar-refractivity contribution is 7.15. The van der Waals surface area contributed by atoms with Crippen LogP contribution >= 0.6 is 11.3 Å². The number of aliphatic hydroxyl groups is 1. The molecule has 0 radical (unpaired) electrons. The molecule has 0 aliphatic carbocycles. The number of aromatic nitrogens is 2. The Morgan fingerprint density at radius 1 is 1.30 bits per heavy atom. The number of carbonyl (C=O) groups excluding carboxylic acids is 1. The molecule has 124 valence electrons. The molecule has 0 bridgehead atoms. The van der Waals surface area contributed by atoms with Crippen LogP contribution in [0.3, 0.4) is 0 Å². The topological polar surface area (TPSA) is 75.1 Å². The van der Waals surface area contributed by atoms with E-state index in [9.17, 15) is 23.1 Å². The van der Waals surface area contributed by atoms with Gasteiger partial charge in [0.2, 0.25) is 5.13 Å². The van der Waals surface area contributed by atoms with Crippen molar-refractivity contribution < 1.29 is 23.1 Å². The van der Waals surface area contributed by atoms with Gasteiger partial charge in [0.25, 0.3) is 5.91 Å². The van der Waals surface area contributed by atoms with Crippen molar-refractivity contribution in [3.05, 3.63) is 40.4 Å². The lowest BCUT2D eigenvalue weighted by Crippen LogP contribution is -2.37. The molecule has 0 fully saturated rings. The van der Waals surface area contributed by atoms with Gasteiger partial charge in [-0.1, -0.05) is 30.4 Å². The number of halogens is 3. The molecule has 2 rings (SSSR count). The van der Waals surface area contributed by atoms with Crippen LogP contribution in [0, 0.1) is 0 Å². The van der Waals surface area contributed by atoms with E-state index >= 15 is 0 Å². The van der Waals surface area contributed by atoms with Crippen LogP contribution < -0.4 is 5.32 Å². The number of benzene rings is 1. The fourth-order valence-corrected chi connectivity index (χ4v) is 2.47. The number of amides is 1. The van der Waals surface area contributed by atoms with Crippen molar-refractivity contribution in [2.45, 2.75) is 32.0 Å². The third-order valence-electron chi connectivity index (χ3n) is 3.18. The number of aryl methyl sites for hydroxylation is 1. The van der Waals surface area contributed by atoms with Crippen LogP contribution in [0.15, 0.2) is 24.3 Å². The lowest BCUT2D eigenvalue weighted by Gasteiger charge is -2.23. The molecule has 1 amide bonds. The maximum absolute atomic E-state index is 12.7. The van der Waals surface area contributed by atoms with E-state index in [1.54, 1.807) is 0 Å². The average molecular weight is 345 g/mol. The molecule has 0 aliphatic heterocycles. The molecule has 1 aromatic heterocycles. The van der Waals surface area contributed by atoms with Crippen LogP contribution in [0.2, 0.25) is 0 Å². The highest BCUT2D eigenvalue weighted by atomic mass is 32.1. The highest BCUT2D eigenvalue weighted by Crippen LogP contribution is 2.32. The Bertz CT molecular complexity index is 713. The summed E-state index contributed by atoms with van der Waals surface area (Å²) < 4.78 is 38.2. The molecule has 1 heterocycles. The first-order valence-electron chi connectivity index (χ1n) is 6.68. The number of alkyl halides is 3. The number of nitrogens with zero attached hydrogens (tertiary/aromatic N) is 2. The van der Waals surface area contributed by atoms with Crippen molar-refractivity contribution in [2.75, 3.05) is 5.32 Å². The summed E-state index contributed by atoms with van der Waals surface area (Å²) in [6, 6.07) is 4.01. The number of hydrogen-bond donors (Lipinski definition) is 2. The summed E-state index contributed by atoms with van der Waals surface area (Å²) in [7, 11) is 0. The van der Waals surface area contributed by atoms with Crippen LogP contribution in [0.4, 0.5) is 18.3 Å². The monoisotopic (exact) mass is 345 g/mol. The number of hydrogen-bond acceptors (Lipinski definition) is 5. The fraction of sp³-hybridized carbons (Fsp3) is 0.357. The highest BCUT2D eigenvalue weighted by Gasteiger charge is 2.36. The molecule has 0 unspecified atom stereocenters. The van der Waals surface area contributed by atoms with Crippen molar-refractivity contribution in [3.63, 3.8) is 0 Å². The van der Waals surface area contributed by atoms with E-state index in [1.165, 1.54) is 6.07 Å². The van der Waals surface area contributed by atoms with Gasteiger partial charge in [-0.15, -0.1) is 10.2 Å². The minimum atomic E-state index is -4.56. The largest absolute Gasteiger partial charge is 0.416 e. The summed E-state index contributed by atoms with van der Waals surface area (Å²) in [6.07, 6.45) is -3.92. The molecular formula is C14H14F3N3O2S. The Hall–Kier alpha value is -2.00. The van der Waals surface area contributed by atoms with Crippen LogP contribution in [0.25, 0.3) is 0 Å². The molecule has 1 atom stereocenters. The molecule has 2 N–H and O–H groups in total. The molecule has 1 aromatic carbocycles. The minimum Gasteiger partial charge on any atom is -0.376 e. The van der Waals surface area contributed by atoms with Crippen LogP contribution in [0.5, 0.6) is 0 Å². The molecular weight excluding hydrogens is 331 g/mol. The number of carbonyl (C=O) groups is 1. The van der Waals surface area contributed by atoms with Gasteiger partial charge in [-0.2, -0.15) is 13.2 Å². The summed E-state index contributed by atoms with van der Waals surface area (Å²) >= 11 is 1.13. The summed E-state index contributed by atoms with van der Waals surface area (Å²) in [5.74, 6) is -0.879. The zero-order valence-corrected chi connectivity index (χ0v) is 13.1. The van der Waals surface area contributed by atoms with Crippen LogP contribution in [0.1, 0.15) is 30.0 Å². The lowest BCUT2D eigenvalue weighted by atomic mass is 9.93. The van der Waals surface area contributed by atoms with Crippen molar-refractivity contribution in [2.24, 2.45) is 0 Å². The Kier molecular flexibility index (Phi) is 4.71. The number of anilines is 1. The van der Waals surface area contributed by atoms with Gasteiger partial charge in [0.1, 0.15) is 5.01 Å². The van der Waals surface area contributed by atoms with Crippen molar-refractivity contribution in [1.29, 1.82) is 0 Å². The summed E-state index contributed by atoms with van der Waals surface area (Å²) in [5.41, 5.74) is -3.24. The molecule has 0 saturated carbocycles. The first-order valence-corrected chi connectivity index (χ1v) is 7.50. The zero-order chi connectivity index (χ0) is 17.3. The quantitative estimate of drug-likeness (QED) is 0.893. The maximum Gasteiger partial charge on any atom is 0.416 e. The summed E-state index contributed by atoms with van der Waals surface area (Å²) in [6.45, 7) is 2.99. The Morgan fingerprint density at radius 3 is 2.52 bits per heavy atom. The van der Waals surface area contributed by atoms with E-state index in [-0.39, 0.29) is 10.7 Å². The third kappa shape index (κ3) is 3.85. The number of nitrogens with one attached hydrogen (secondary N) is 1. The first-order chi connectivity index (χ1) is 10.6. The normalized spacial score (nSPS) is 14.3. The minimum absolute atomic E-state index is 0.162. The molecule has 23 heavy (non-hydrogen) atoms. The fourth-order valence-electron chi connectivity index (χ4n) is 1.80. The van der Waals surface area contributed by atoms with E-state index in [0.717, 1.165) is 36.5 Å². The second-order valence-corrected chi connectivity index (χ2v) is 6.02. The molecule has 5 nitrogen and oxygen atoms in total. The summed E-state index contributed by atoms with van der Waals surface area (Å²) in [5, 5.41) is 21.1. The van der Waals surface area contributed by atoms with E-state index in [4.69, 9.17) is 0 Å². The third-order valence-corrected chi connectivity index (χ3v) is 4.17. The van der Waals surface area contributed by atoms with Gasteiger partial charge >= 0.3 is 6.18 Å². The van der Waals surface area contributed by atoms with E-state index in [1.807, 2.05) is 6.92 Å². The van der Waals surface area contributed by atoms with Crippen molar-refractivity contribution in [3.8, 4) is 0 Å². The van der Waals surface area contributed by atoms with Gasteiger partial charge in [-0.25, -0.2) is 0 Å². The molecule has 0 aliphatic rings. The Morgan fingerprint density at radius 2 is 1.96 bits per heavy atom. The van der Waals surface area contributed by atoms with Crippen LogP contribution in [-0.4, -0.2) is 21.2 Å². The Balaban J connectivity index is 2.24. The standard InChI is InChI=1S/C14H14F3N3O2S/c1-3-10-19-20-12(23-10)18-11(21)13(2,22)8-5-4-6-9(7-8)14(15,16)17/h4-7,22H,3H2,1-2H3,(H,18,20,21)/t13-/m0/s1. The Labute approximate surface area is 134 Å². The predicted molar refractivity (Wildman–Crippen MR) is 78.9 cm³/mol. The predicted octanol–water partition coefficient (Wildman–Crippen LogP) is 2.97. The van der Waals surface area contributed by atoms with E-state index in [0.29, 0.717) is 11.4 Å². The average Bonchev–Trinajstić information content (AvgIpc) is 2.94. The van der Waals surface area contributed by atoms with Gasteiger partial charge in [0.05, 0.1) is 5.56 Å². The molecule has 0 spiro atoms. The van der Waals surface area contributed by atoms with E-state index < -0.39 is 23.2 Å². The maximum atomic E-state index is 12.7. The molecule has 9 heteroatoms. The smallest absolute Gasteiger partial charge is 0.376 e. The first kappa shape index (κ1) is 17.4. The lowest BCUT2D eigenvalue weighted by molar-refractivity contribution is -0.138. The van der Waals surface area contributed by atoms with Crippen molar-refractivity contribution in [1.82, 2.24) is 10.2 Å². The van der Waals surface area contributed by atoms with Gasteiger partial charge in [0.15, 0.2) is 5.60 Å². The zero-order valence-electron chi connectivity index (χ0n) is 12.3. The van der Waals surface area contributed by atoms with Gasteiger partial charge in [0, 0.05) is 0 Å².